The summed E-state index contributed by atoms with van der Waals surface area (Å²) in [4.78, 5) is 13.8. The molecule has 1 aliphatic heterocycles. The molecule has 4 nitrogen and oxygen atoms in total. The van der Waals surface area contributed by atoms with Crippen LogP contribution in [0.3, 0.4) is 0 Å². The van der Waals surface area contributed by atoms with Crippen molar-refractivity contribution in [3.8, 4) is 5.75 Å². The number of phenolic OH excluding ortho intramolecular Hbond substituents is 1. The molecule has 0 bridgehead atoms. The Labute approximate surface area is 107 Å². The van der Waals surface area contributed by atoms with E-state index in [0.717, 1.165) is 12.8 Å². The van der Waals surface area contributed by atoms with Crippen molar-refractivity contribution >= 4 is 18.3 Å². The van der Waals surface area contributed by atoms with Gasteiger partial charge in [-0.2, -0.15) is 0 Å². The fraction of sp³-hybridized carbons (Fsp3) is 0.417. The van der Waals surface area contributed by atoms with Crippen molar-refractivity contribution < 1.29 is 9.90 Å². The minimum atomic E-state index is -0.0252. The number of hydrogen-bond acceptors (Lipinski definition) is 3. The molecular formula is C12H17ClN2O2. The van der Waals surface area contributed by atoms with Crippen LogP contribution in [0.2, 0.25) is 0 Å². The van der Waals surface area contributed by atoms with Crippen LogP contribution in [0.15, 0.2) is 24.3 Å². The van der Waals surface area contributed by atoms with Crippen molar-refractivity contribution in [1.29, 1.82) is 0 Å². The molecule has 0 spiro atoms. The molecule has 1 amide bonds. The third-order valence-electron chi connectivity index (χ3n) is 2.92. The van der Waals surface area contributed by atoms with Gasteiger partial charge in [0.25, 0.3) is 5.91 Å². The molecule has 1 saturated heterocycles. The van der Waals surface area contributed by atoms with Crippen molar-refractivity contribution in [2.45, 2.75) is 18.9 Å². The van der Waals surface area contributed by atoms with E-state index in [-0.39, 0.29) is 30.1 Å². The molecule has 5 heteroatoms. The van der Waals surface area contributed by atoms with Gasteiger partial charge in [0.1, 0.15) is 5.75 Å². The Kier molecular flexibility index (Phi) is 4.78. The Morgan fingerprint density at radius 3 is 2.59 bits per heavy atom. The molecule has 0 aliphatic carbocycles. The third kappa shape index (κ3) is 3.35. The van der Waals surface area contributed by atoms with Crippen LogP contribution >= 0.6 is 12.4 Å². The standard InChI is InChI=1S/C12H16N2O2.ClH/c13-10-4-6-14(7-5-10)12(16)9-2-1-3-11(15)8-9;/h1-3,8,10,15H,4-7,13H2;1H. The zero-order valence-electron chi connectivity index (χ0n) is 9.50. The van der Waals surface area contributed by atoms with Gasteiger partial charge in [0, 0.05) is 24.7 Å². The molecule has 1 fully saturated rings. The Morgan fingerprint density at radius 1 is 1.35 bits per heavy atom. The maximum Gasteiger partial charge on any atom is 0.253 e. The topological polar surface area (TPSA) is 66.6 Å². The Balaban J connectivity index is 0.00000144. The minimum absolute atomic E-state index is 0. The predicted molar refractivity (Wildman–Crippen MR) is 68.5 cm³/mol. The van der Waals surface area contributed by atoms with E-state index < -0.39 is 0 Å². The first-order valence-electron chi connectivity index (χ1n) is 5.50. The summed E-state index contributed by atoms with van der Waals surface area (Å²) < 4.78 is 0. The summed E-state index contributed by atoms with van der Waals surface area (Å²) in [5.74, 6) is 0.0994. The lowest BCUT2D eigenvalue weighted by molar-refractivity contribution is 0.0714. The average molecular weight is 257 g/mol. The van der Waals surface area contributed by atoms with E-state index in [2.05, 4.69) is 0 Å². The number of rotatable bonds is 1. The second-order valence-electron chi connectivity index (χ2n) is 4.18. The summed E-state index contributed by atoms with van der Waals surface area (Å²) in [7, 11) is 0. The number of likely N-dealkylation sites (tertiary alicyclic amines) is 1. The monoisotopic (exact) mass is 256 g/mol. The number of piperidine rings is 1. The average Bonchev–Trinajstić information content (AvgIpc) is 2.29. The molecule has 0 saturated carbocycles. The lowest BCUT2D eigenvalue weighted by Gasteiger charge is -2.30. The number of halogens is 1. The van der Waals surface area contributed by atoms with E-state index in [4.69, 9.17) is 5.73 Å². The molecule has 1 aromatic rings. The summed E-state index contributed by atoms with van der Waals surface area (Å²) in [6.45, 7) is 1.41. The van der Waals surface area contributed by atoms with Crippen molar-refractivity contribution in [1.82, 2.24) is 4.90 Å². The number of carbonyl (C=O) groups is 1. The smallest absolute Gasteiger partial charge is 0.253 e. The number of aromatic hydroxyl groups is 1. The van der Waals surface area contributed by atoms with E-state index in [0.29, 0.717) is 18.7 Å². The first kappa shape index (κ1) is 13.8. The largest absolute Gasteiger partial charge is 0.508 e. The molecule has 3 N–H and O–H groups in total. The highest BCUT2D eigenvalue weighted by atomic mass is 35.5. The first-order valence-corrected chi connectivity index (χ1v) is 5.50. The van der Waals surface area contributed by atoms with Crippen LogP contribution in [0.25, 0.3) is 0 Å². The maximum atomic E-state index is 12.0. The van der Waals surface area contributed by atoms with Crippen LogP contribution in [-0.2, 0) is 0 Å². The molecule has 2 rings (SSSR count). The van der Waals surface area contributed by atoms with Gasteiger partial charge in [-0.25, -0.2) is 0 Å². The van der Waals surface area contributed by atoms with E-state index in [1.807, 2.05) is 0 Å². The lowest BCUT2D eigenvalue weighted by Crippen LogP contribution is -2.42. The van der Waals surface area contributed by atoms with Gasteiger partial charge in [-0.15, -0.1) is 12.4 Å². The Hall–Kier alpha value is -1.26. The number of amides is 1. The SMILES string of the molecule is Cl.NC1CCN(C(=O)c2cccc(O)c2)CC1. The van der Waals surface area contributed by atoms with Gasteiger partial charge in [-0.1, -0.05) is 6.07 Å². The zero-order valence-corrected chi connectivity index (χ0v) is 10.3. The van der Waals surface area contributed by atoms with Crippen LogP contribution in [0.1, 0.15) is 23.2 Å². The van der Waals surface area contributed by atoms with E-state index in [9.17, 15) is 9.90 Å². The van der Waals surface area contributed by atoms with Crippen LogP contribution in [-0.4, -0.2) is 35.0 Å². The molecule has 0 unspecified atom stereocenters. The number of nitrogens with zero attached hydrogens (tertiary/aromatic N) is 1. The summed E-state index contributed by atoms with van der Waals surface area (Å²) in [5.41, 5.74) is 6.32. The quantitative estimate of drug-likeness (QED) is 0.798. The highest BCUT2D eigenvalue weighted by molar-refractivity contribution is 5.94. The maximum absolute atomic E-state index is 12.0. The molecule has 94 valence electrons. The molecule has 1 heterocycles. The van der Waals surface area contributed by atoms with Gasteiger partial charge in [0.05, 0.1) is 0 Å². The summed E-state index contributed by atoms with van der Waals surface area (Å²) >= 11 is 0. The lowest BCUT2D eigenvalue weighted by atomic mass is 10.0. The zero-order chi connectivity index (χ0) is 11.5. The minimum Gasteiger partial charge on any atom is -0.508 e. The van der Waals surface area contributed by atoms with Crippen LogP contribution in [0.4, 0.5) is 0 Å². The Bertz CT molecular complexity index is 390. The summed E-state index contributed by atoms with van der Waals surface area (Å²) in [5, 5.41) is 9.31. The van der Waals surface area contributed by atoms with Gasteiger partial charge >= 0.3 is 0 Å². The van der Waals surface area contributed by atoms with Gasteiger partial charge in [-0.3, -0.25) is 4.79 Å². The normalized spacial score (nSPS) is 16.4. The third-order valence-corrected chi connectivity index (χ3v) is 2.92. The molecule has 0 radical (unpaired) electrons. The number of hydrogen-bond donors (Lipinski definition) is 2. The molecule has 0 atom stereocenters. The molecule has 0 aromatic heterocycles. The fourth-order valence-corrected chi connectivity index (χ4v) is 1.92. The highest BCUT2D eigenvalue weighted by Crippen LogP contribution is 2.16. The second-order valence-corrected chi connectivity index (χ2v) is 4.18. The van der Waals surface area contributed by atoms with Crippen molar-refractivity contribution in [3.05, 3.63) is 29.8 Å². The number of carbonyl (C=O) groups excluding carboxylic acids is 1. The van der Waals surface area contributed by atoms with Crippen molar-refractivity contribution in [2.24, 2.45) is 5.73 Å². The van der Waals surface area contributed by atoms with E-state index in [1.165, 1.54) is 6.07 Å². The van der Waals surface area contributed by atoms with E-state index in [1.54, 1.807) is 23.1 Å². The van der Waals surface area contributed by atoms with Crippen LogP contribution < -0.4 is 5.73 Å². The Morgan fingerprint density at radius 2 is 2.00 bits per heavy atom. The van der Waals surface area contributed by atoms with Gasteiger partial charge < -0.3 is 15.7 Å². The van der Waals surface area contributed by atoms with Crippen LogP contribution in [0, 0.1) is 0 Å². The highest BCUT2D eigenvalue weighted by Gasteiger charge is 2.21. The van der Waals surface area contributed by atoms with Gasteiger partial charge in [0.15, 0.2) is 0 Å². The number of phenols is 1. The predicted octanol–water partition coefficient (Wildman–Crippen LogP) is 1.38. The second kappa shape index (κ2) is 5.89. The molecule has 1 aliphatic rings. The fourth-order valence-electron chi connectivity index (χ4n) is 1.92. The van der Waals surface area contributed by atoms with Crippen molar-refractivity contribution in [3.63, 3.8) is 0 Å². The number of benzene rings is 1. The molecule has 17 heavy (non-hydrogen) atoms. The van der Waals surface area contributed by atoms with Crippen molar-refractivity contribution in [2.75, 3.05) is 13.1 Å². The van der Waals surface area contributed by atoms with Gasteiger partial charge in [0.2, 0.25) is 0 Å². The first-order chi connectivity index (χ1) is 7.66. The van der Waals surface area contributed by atoms with Crippen LogP contribution in [0.5, 0.6) is 5.75 Å². The summed E-state index contributed by atoms with van der Waals surface area (Å²) in [6, 6.07) is 6.67. The number of nitrogens with two attached hydrogens (primary N) is 1. The van der Waals surface area contributed by atoms with Gasteiger partial charge in [-0.05, 0) is 31.0 Å². The van der Waals surface area contributed by atoms with E-state index >= 15 is 0 Å². The molecule has 1 aromatic carbocycles. The summed E-state index contributed by atoms with van der Waals surface area (Å²) in [6.07, 6.45) is 1.70. The molecular weight excluding hydrogens is 240 g/mol.